The Morgan fingerprint density at radius 2 is 2.00 bits per heavy atom. The summed E-state index contributed by atoms with van der Waals surface area (Å²) in [6.45, 7) is 3.21. The maximum absolute atomic E-state index is 10.6. The van der Waals surface area contributed by atoms with Gasteiger partial charge in [-0.3, -0.25) is 19.8 Å². The molecule has 1 rings (SSSR count). The van der Waals surface area contributed by atoms with Crippen molar-refractivity contribution < 1.29 is 14.8 Å². The van der Waals surface area contributed by atoms with E-state index in [-0.39, 0.29) is 12.2 Å². The van der Waals surface area contributed by atoms with E-state index in [2.05, 4.69) is 0 Å². The second kappa shape index (κ2) is 6.70. The zero-order valence-corrected chi connectivity index (χ0v) is 10.2. The van der Waals surface area contributed by atoms with Crippen molar-refractivity contribution in [2.24, 2.45) is 0 Å². The topological polar surface area (TPSA) is 83.7 Å². The Kier molecular flexibility index (Phi) is 5.26. The van der Waals surface area contributed by atoms with Crippen molar-refractivity contribution >= 4 is 11.7 Å². The zero-order chi connectivity index (χ0) is 13.5. The number of nitro groups is 1. The average molecular weight is 252 g/mol. The third-order valence-corrected chi connectivity index (χ3v) is 2.67. The number of benzene rings is 1. The van der Waals surface area contributed by atoms with Crippen LogP contribution in [0, 0.1) is 10.1 Å². The maximum atomic E-state index is 10.6. The van der Waals surface area contributed by atoms with Crippen LogP contribution in [-0.2, 0) is 11.2 Å². The molecule has 0 heterocycles. The van der Waals surface area contributed by atoms with Crippen LogP contribution in [0.1, 0.15) is 12.5 Å². The number of hydrogen-bond acceptors (Lipinski definition) is 4. The Labute approximate surface area is 105 Å². The molecule has 0 atom stereocenters. The lowest BCUT2D eigenvalue weighted by atomic mass is 10.1. The first-order chi connectivity index (χ1) is 8.52. The largest absolute Gasteiger partial charge is 0.480 e. The molecule has 1 N–H and O–H groups in total. The molecule has 6 nitrogen and oxygen atoms in total. The van der Waals surface area contributed by atoms with Crippen LogP contribution in [0.25, 0.3) is 0 Å². The number of rotatable bonds is 7. The van der Waals surface area contributed by atoms with Crippen molar-refractivity contribution in [2.45, 2.75) is 13.3 Å². The van der Waals surface area contributed by atoms with Gasteiger partial charge >= 0.3 is 5.97 Å². The minimum absolute atomic E-state index is 0.0173. The van der Waals surface area contributed by atoms with Crippen molar-refractivity contribution in [3.8, 4) is 0 Å². The van der Waals surface area contributed by atoms with Gasteiger partial charge in [-0.1, -0.05) is 19.1 Å². The lowest BCUT2D eigenvalue weighted by Crippen LogP contribution is -2.31. The van der Waals surface area contributed by atoms with Crippen LogP contribution in [0.2, 0.25) is 0 Å². The van der Waals surface area contributed by atoms with Crippen molar-refractivity contribution in [3.63, 3.8) is 0 Å². The molecule has 0 aliphatic heterocycles. The first-order valence-electron chi connectivity index (χ1n) is 5.70. The molecule has 1 aromatic rings. The van der Waals surface area contributed by atoms with E-state index in [4.69, 9.17) is 5.11 Å². The molecule has 0 aromatic heterocycles. The quantitative estimate of drug-likeness (QED) is 0.588. The van der Waals surface area contributed by atoms with Gasteiger partial charge in [0, 0.05) is 18.7 Å². The number of hydrogen-bond donors (Lipinski definition) is 1. The first kappa shape index (κ1) is 14.1. The molecule has 0 saturated carbocycles. The van der Waals surface area contributed by atoms with Gasteiger partial charge in [0.05, 0.1) is 11.5 Å². The molecule has 0 aliphatic carbocycles. The molecule has 18 heavy (non-hydrogen) atoms. The summed E-state index contributed by atoms with van der Waals surface area (Å²) in [4.78, 5) is 22.4. The monoisotopic (exact) mass is 252 g/mol. The predicted octanol–water partition coefficient (Wildman–Crippen LogP) is 1.54. The number of carboxylic acids is 1. The molecule has 6 heteroatoms. The Bertz CT molecular complexity index is 417. The fourth-order valence-electron chi connectivity index (χ4n) is 1.61. The molecule has 0 unspecified atom stereocenters. The van der Waals surface area contributed by atoms with Gasteiger partial charge in [0.15, 0.2) is 0 Å². The highest BCUT2D eigenvalue weighted by Gasteiger charge is 2.08. The molecule has 1 aromatic carbocycles. The van der Waals surface area contributed by atoms with Gasteiger partial charge in [0.2, 0.25) is 0 Å². The molecule has 98 valence electrons. The number of aliphatic carboxylic acids is 1. The number of carboxylic acid groups (broad SMARTS) is 1. The minimum atomic E-state index is -0.847. The first-order valence-corrected chi connectivity index (χ1v) is 5.70. The van der Waals surface area contributed by atoms with Crippen LogP contribution in [-0.4, -0.2) is 40.5 Å². The van der Waals surface area contributed by atoms with Crippen molar-refractivity contribution in [2.75, 3.05) is 19.6 Å². The highest BCUT2D eigenvalue weighted by atomic mass is 16.6. The molecule has 0 aliphatic rings. The SMILES string of the molecule is CCN(CCc1ccc([N+](=O)[O-])cc1)CC(=O)O. The van der Waals surface area contributed by atoms with Gasteiger partial charge in [-0.05, 0) is 18.5 Å². The van der Waals surface area contributed by atoms with E-state index in [0.29, 0.717) is 19.5 Å². The number of nitro benzene ring substituents is 1. The number of non-ortho nitro benzene ring substituents is 1. The third kappa shape index (κ3) is 4.50. The van der Waals surface area contributed by atoms with Crippen molar-refractivity contribution in [1.82, 2.24) is 4.90 Å². The highest BCUT2D eigenvalue weighted by molar-refractivity contribution is 5.69. The van der Waals surface area contributed by atoms with E-state index in [1.54, 1.807) is 12.1 Å². The number of carbonyl (C=O) groups is 1. The summed E-state index contributed by atoms with van der Waals surface area (Å²) in [6.07, 6.45) is 0.680. The fraction of sp³-hybridized carbons (Fsp3) is 0.417. The summed E-state index contributed by atoms with van der Waals surface area (Å²) in [5, 5.41) is 19.2. The summed E-state index contributed by atoms with van der Waals surface area (Å²) in [5.74, 6) is -0.847. The van der Waals surface area contributed by atoms with E-state index in [1.807, 2.05) is 11.8 Å². The van der Waals surface area contributed by atoms with Crippen LogP contribution < -0.4 is 0 Å². The lowest BCUT2D eigenvalue weighted by molar-refractivity contribution is -0.384. The van der Waals surface area contributed by atoms with Gasteiger partial charge in [-0.2, -0.15) is 0 Å². The van der Waals surface area contributed by atoms with Gasteiger partial charge in [0.1, 0.15) is 0 Å². The van der Waals surface area contributed by atoms with E-state index in [0.717, 1.165) is 5.56 Å². The van der Waals surface area contributed by atoms with Crippen LogP contribution in [0.15, 0.2) is 24.3 Å². The van der Waals surface area contributed by atoms with Crippen LogP contribution >= 0.6 is 0 Å². The maximum Gasteiger partial charge on any atom is 0.317 e. The molecular formula is C12H16N2O4. The zero-order valence-electron chi connectivity index (χ0n) is 10.2. The van der Waals surface area contributed by atoms with E-state index >= 15 is 0 Å². The molecule has 0 saturated heterocycles. The molecular weight excluding hydrogens is 236 g/mol. The van der Waals surface area contributed by atoms with E-state index < -0.39 is 10.9 Å². The van der Waals surface area contributed by atoms with Crippen molar-refractivity contribution in [3.05, 3.63) is 39.9 Å². The fourth-order valence-corrected chi connectivity index (χ4v) is 1.61. The third-order valence-electron chi connectivity index (χ3n) is 2.67. The second-order valence-electron chi connectivity index (χ2n) is 3.94. The van der Waals surface area contributed by atoms with E-state index in [1.165, 1.54) is 12.1 Å². The Balaban J connectivity index is 2.52. The summed E-state index contributed by atoms with van der Waals surface area (Å²) in [7, 11) is 0. The van der Waals surface area contributed by atoms with Crippen LogP contribution in [0.5, 0.6) is 0 Å². The second-order valence-corrected chi connectivity index (χ2v) is 3.94. The summed E-state index contributed by atoms with van der Waals surface area (Å²) < 4.78 is 0. The number of nitrogens with zero attached hydrogens (tertiary/aromatic N) is 2. The Morgan fingerprint density at radius 1 is 1.39 bits per heavy atom. The normalized spacial score (nSPS) is 10.6. The molecule has 0 radical (unpaired) electrons. The lowest BCUT2D eigenvalue weighted by Gasteiger charge is -2.17. The Morgan fingerprint density at radius 3 is 2.44 bits per heavy atom. The van der Waals surface area contributed by atoms with Crippen LogP contribution in [0.3, 0.4) is 0 Å². The van der Waals surface area contributed by atoms with Gasteiger partial charge in [-0.25, -0.2) is 0 Å². The van der Waals surface area contributed by atoms with Gasteiger partial charge in [-0.15, -0.1) is 0 Å². The van der Waals surface area contributed by atoms with Crippen molar-refractivity contribution in [1.29, 1.82) is 0 Å². The van der Waals surface area contributed by atoms with Gasteiger partial charge in [0.25, 0.3) is 5.69 Å². The summed E-state index contributed by atoms with van der Waals surface area (Å²) >= 11 is 0. The highest BCUT2D eigenvalue weighted by Crippen LogP contribution is 2.12. The summed E-state index contributed by atoms with van der Waals surface area (Å²) in [6, 6.07) is 6.32. The predicted molar refractivity (Wildman–Crippen MR) is 66.6 cm³/mol. The van der Waals surface area contributed by atoms with Gasteiger partial charge < -0.3 is 5.11 Å². The average Bonchev–Trinajstić information content (AvgIpc) is 2.34. The smallest absolute Gasteiger partial charge is 0.317 e. The Hall–Kier alpha value is -1.95. The van der Waals surface area contributed by atoms with Crippen LogP contribution in [0.4, 0.5) is 5.69 Å². The van der Waals surface area contributed by atoms with E-state index in [9.17, 15) is 14.9 Å². The minimum Gasteiger partial charge on any atom is -0.480 e. The molecule has 0 spiro atoms. The number of likely N-dealkylation sites (N-methyl/N-ethyl adjacent to an activating group) is 1. The standard InChI is InChI=1S/C12H16N2O4/c1-2-13(9-12(15)16)8-7-10-3-5-11(6-4-10)14(17)18/h3-6H,2,7-9H2,1H3,(H,15,16). The molecule has 0 amide bonds. The molecule has 0 fully saturated rings. The molecule has 0 bridgehead atoms. The summed E-state index contributed by atoms with van der Waals surface area (Å²) in [5.41, 5.74) is 1.03.